The summed E-state index contributed by atoms with van der Waals surface area (Å²) < 4.78 is 11.3. The van der Waals surface area contributed by atoms with Gasteiger partial charge in [0.25, 0.3) is 5.91 Å². The smallest absolute Gasteiger partial charge is 0.259 e. The molecular formula is C24H22N2O4. The molecule has 6 nitrogen and oxygen atoms in total. The van der Waals surface area contributed by atoms with Crippen LogP contribution in [0.25, 0.3) is 0 Å². The molecule has 152 valence electrons. The standard InChI is InChI=1S/C24H22N2O4/c1-3-29-18-8-5-16(6-9-18)13-23(27)25-17-7-11-21-19(14-17)24(28)26-20-12-15(2)4-10-22(20)30-21/h4-12,14H,3,13H2,1-2H3,(H,25,27)(H,26,28). The third-order valence-electron chi connectivity index (χ3n) is 4.71. The summed E-state index contributed by atoms with van der Waals surface area (Å²) in [5.74, 6) is 1.35. The summed E-state index contributed by atoms with van der Waals surface area (Å²) in [6, 6.07) is 18.1. The maximum Gasteiger partial charge on any atom is 0.259 e. The van der Waals surface area contributed by atoms with Gasteiger partial charge in [-0.05, 0) is 67.4 Å². The number of ether oxygens (including phenoxy) is 2. The van der Waals surface area contributed by atoms with Gasteiger partial charge >= 0.3 is 0 Å². The summed E-state index contributed by atoms with van der Waals surface area (Å²) in [5, 5.41) is 5.71. The van der Waals surface area contributed by atoms with Crippen LogP contribution in [0.15, 0.2) is 60.7 Å². The third kappa shape index (κ3) is 4.27. The minimum absolute atomic E-state index is 0.173. The second-order valence-electron chi connectivity index (χ2n) is 7.07. The molecule has 2 amide bonds. The Morgan fingerprint density at radius 1 is 1.03 bits per heavy atom. The Bertz CT molecular complexity index is 1110. The van der Waals surface area contributed by atoms with Crippen molar-refractivity contribution in [2.24, 2.45) is 0 Å². The Balaban J connectivity index is 1.48. The van der Waals surface area contributed by atoms with Crippen LogP contribution in [-0.4, -0.2) is 18.4 Å². The molecule has 3 aromatic rings. The average molecular weight is 402 g/mol. The fourth-order valence-electron chi connectivity index (χ4n) is 3.27. The molecule has 0 spiro atoms. The molecule has 1 heterocycles. The number of aryl methyl sites for hydroxylation is 1. The summed E-state index contributed by atoms with van der Waals surface area (Å²) in [6.07, 6.45) is 0.219. The van der Waals surface area contributed by atoms with Gasteiger partial charge in [-0.3, -0.25) is 9.59 Å². The van der Waals surface area contributed by atoms with Gasteiger partial charge in [0.1, 0.15) is 11.5 Å². The zero-order valence-electron chi connectivity index (χ0n) is 16.8. The number of hydrogen-bond acceptors (Lipinski definition) is 4. The monoisotopic (exact) mass is 402 g/mol. The van der Waals surface area contributed by atoms with Crippen molar-refractivity contribution in [3.05, 3.63) is 77.4 Å². The molecular weight excluding hydrogens is 380 g/mol. The van der Waals surface area contributed by atoms with E-state index in [1.165, 1.54) is 0 Å². The number of anilines is 2. The summed E-state index contributed by atoms with van der Waals surface area (Å²) in [6.45, 7) is 4.47. The van der Waals surface area contributed by atoms with Crippen molar-refractivity contribution in [3.8, 4) is 17.2 Å². The summed E-state index contributed by atoms with van der Waals surface area (Å²) >= 11 is 0. The van der Waals surface area contributed by atoms with Crippen LogP contribution in [0.5, 0.6) is 17.2 Å². The number of nitrogens with one attached hydrogen (secondary N) is 2. The molecule has 1 aliphatic heterocycles. The van der Waals surface area contributed by atoms with Gasteiger partial charge in [0.15, 0.2) is 5.75 Å². The molecule has 0 aromatic heterocycles. The fourth-order valence-corrected chi connectivity index (χ4v) is 3.27. The molecule has 0 atom stereocenters. The van der Waals surface area contributed by atoms with E-state index in [0.29, 0.717) is 35.0 Å². The molecule has 6 heteroatoms. The van der Waals surface area contributed by atoms with Gasteiger partial charge in [-0.1, -0.05) is 18.2 Å². The van der Waals surface area contributed by atoms with Crippen LogP contribution >= 0.6 is 0 Å². The van der Waals surface area contributed by atoms with E-state index in [2.05, 4.69) is 10.6 Å². The molecule has 4 rings (SSSR count). The first-order chi connectivity index (χ1) is 14.5. The second-order valence-corrected chi connectivity index (χ2v) is 7.07. The van der Waals surface area contributed by atoms with Gasteiger partial charge in [-0.25, -0.2) is 0 Å². The molecule has 1 aliphatic rings. The zero-order valence-corrected chi connectivity index (χ0v) is 16.8. The maximum absolute atomic E-state index is 12.7. The number of rotatable bonds is 5. The van der Waals surface area contributed by atoms with E-state index < -0.39 is 0 Å². The molecule has 30 heavy (non-hydrogen) atoms. The quantitative estimate of drug-likeness (QED) is 0.634. The Kier molecular flexibility index (Phi) is 5.39. The van der Waals surface area contributed by atoms with E-state index in [0.717, 1.165) is 16.9 Å². The highest BCUT2D eigenvalue weighted by molar-refractivity contribution is 6.09. The lowest BCUT2D eigenvalue weighted by molar-refractivity contribution is -0.115. The number of benzene rings is 3. The first kappa shape index (κ1) is 19.5. The highest BCUT2D eigenvalue weighted by atomic mass is 16.5. The maximum atomic E-state index is 12.7. The van der Waals surface area contributed by atoms with E-state index in [-0.39, 0.29) is 18.2 Å². The Morgan fingerprint density at radius 3 is 2.57 bits per heavy atom. The van der Waals surface area contributed by atoms with Crippen molar-refractivity contribution in [3.63, 3.8) is 0 Å². The summed E-state index contributed by atoms with van der Waals surface area (Å²) in [4.78, 5) is 25.1. The molecule has 2 N–H and O–H groups in total. The van der Waals surface area contributed by atoms with Crippen molar-refractivity contribution in [2.45, 2.75) is 20.3 Å². The van der Waals surface area contributed by atoms with Crippen molar-refractivity contribution in [1.82, 2.24) is 0 Å². The van der Waals surface area contributed by atoms with Crippen molar-refractivity contribution in [1.29, 1.82) is 0 Å². The number of carbonyl (C=O) groups excluding carboxylic acids is 2. The molecule has 0 fully saturated rings. The lowest BCUT2D eigenvalue weighted by Gasteiger charge is -2.10. The average Bonchev–Trinajstić information content (AvgIpc) is 2.85. The van der Waals surface area contributed by atoms with Crippen LogP contribution in [-0.2, 0) is 11.2 Å². The van der Waals surface area contributed by atoms with Gasteiger partial charge in [0.05, 0.1) is 24.3 Å². The largest absolute Gasteiger partial charge is 0.494 e. The second kappa shape index (κ2) is 8.29. The van der Waals surface area contributed by atoms with E-state index in [1.54, 1.807) is 18.2 Å². The van der Waals surface area contributed by atoms with Gasteiger partial charge in [-0.2, -0.15) is 0 Å². The van der Waals surface area contributed by atoms with Crippen LogP contribution in [0, 0.1) is 6.92 Å². The van der Waals surface area contributed by atoms with Gasteiger partial charge in [-0.15, -0.1) is 0 Å². The first-order valence-electron chi connectivity index (χ1n) is 9.77. The predicted molar refractivity (Wildman–Crippen MR) is 116 cm³/mol. The Labute approximate surface area is 174 Å². The fraction of sp³-hybridized carbons (Fsp3) is 0.167. The Morgan fingerprint density at radius 2 is 1.80 bits per heavy atom. The van der Waals surface area contributed by atoms with Crippen LogP contribution < -0.4 is 20.1 Å². The number of carbonyl (C=O) groups is 2. The first-order valence-corrected chi connectivity index (χ1v) is 9.77. The number of amides is 2. The van der Waals surface area contributed by atoms with Crippen molar-refractivity contribution < 1.29 is 19.1 Å². The van der Waals surface area contributed by atoms with Gasteiger partial charge in [0, 0.05) is 5.69 Å². The van der Waals surface area contributed by atoms with Crippen LogP contribution in [0.4, 0.5) is 11.4 Å². The SMILES string of the molecule is CCOc1ccc(CC(=O)Nc2ccc3c(c2)C(=O)Nc2cc(C)ccc2O3)cc1. The normalized spacial score (nSPS) is 12.0. The van der Waals surface area contributed by atoms with E-state index in [1.807, 2.05) is 56.3 Å². The van der Waals surface area contributed by atoms with Crippen molar-refractivity contribution >= 4 is 23.2 Å². The van der Waals surface area contributed by atoms with Gasteiger partial charge in [0.2, 0.25) is 5.91 Å². The van der Waals surface area contributed by atoms with E-state index in [4.69, 9.17) is 9.47 Å². The lowest BCUT2D eigenvalue weighted by Crippen LogP contribution is -2.16. The molecule has 0 unspecified atom stereocenters. The van der Waals surface area contributed by atoms with E-state index >= 15 is 0 Å². The third-order valence-corrected chi connectivity index (χ3v) is 4.71. The topological polar surface area (TPSA) is 76.7 Å². The van der Waals surface area contributed by atoms with E-state index in [9.17, 15) is 9.59 Å². The van der Waals surface area contributed by atoms with Gasteiger partial charge < -0.3 is 20.1 Å². The highest BCUT2D eigenvalue weighted by Crippen LogP contribution is 2.37. The summed E-state index contributed by atoms with van der Waals surface area (Å²) in [7, 11) is 0. The Hall–Kier alpha value is -3.80. The lowest BCUT2D eigenvalue weighted by atomic mass is 10.1. The van der Waals surface area contributed by atoms with Crippen LogP contribution in [0.3, 0.4) is 0 Å². The molecule has 0 saturated carbocycles. The number of fused-ring (bicyclic) bond motifs is 2. The molecule has 0 radical (unpaired) electrons. The molecule has 3 aromatic carbocycles. The predicted octanol–water partition coefficient (Wildman–Crippen LogP) is 4.93. The molecule has 0 aliphatic carbocycles. The minimum Gasteiger partial charge on any atom is -0.494 e. The zero-order chi connectivity index (χ0) is 21.1. The van der Waals surface area contributed by atoms with Crippen LogP contribution in [0.1, 0.15) is 28.4 Å². The van der Waals surface area contributed by atoms with Crippen molar-refractivity contribution in [2.75, 3.05) is 17.2 Å². The minimum atomic E-state index is -0.281. The molecule has 0 bridgehead atoms. The van der Waals surface area contributed by atoms with Crippen LogP contribution in [0.2, 0.25) is 0 Å². The number of hydrogen-bond donors (Lipinski definition) is 2. The summed E-state index contributed by atoms with van der Waals surface area (Å²) in [5.41, 5.74) is 3.41. The molecule has 0 saturated heterocycles. The highest BCUT2D eigenvalue weighted by Gasteiger charge is 2.21.